The van der Waals surface area contributed by atoms with Crippen molar-refractivity contribution in [3.63, 3.8) is 0 Å². The van der Waals surface area contributed by atoms with Crippen molar-refractivity contribution in [1.29, 1.82) is 0 Å². The summed E-state index contributed by atoms with van der Waals surface area (Å²) in [5.41, 5.74) is 3.83. The Morgan fingerprint density at radius 2 is 1.09 bits per heavy atom. The van der Waals surface area contributed by atoms with Gasteiger partial charge in [-0.25, -0.2) is 9.59 Å². The van der Waals surface area contributed by atoms with Crippen LogP contribution in [0.4, 0.5) is 0 Å². The molecule has 2 rings (SSSR count). The first-order chi connectivity index (χ1) is 16.5. The van der Waals surface area contributed by atoms with Crippen molar-refractivity contribution in [2.45, 2.75) is 70.4 Å². The molecule has 0 saturated heterocycles. The monoisotopic (exact) mass is 480 g/mol. The maximum Gasteiger partial charge on any atom is 0.330 e. The Hall–Kier alpha value is -3.22. The average molecular weight is 481 g/mol. The highest BCUT2D eigenvalue weighted by atomic mass is 16.6. The van der Waals surface area contributed by atoms with Gasteiger partial charge in [0.1, 0.15) is 12.2 Å². The first kappa shape index (κ1) is 28.0. The normalized spacial score (nSPS) is 14.8. The lowest BCUT2D eigenvalue weighted by molar-refractivity contribution is -0.148. The molecule has 35 heavy (non-hydrogen) atoms. The van der Waals surface area contributed by atoms with Gasteiger partial charge in [0.05, 0.1) is 12.2 Å². The number of hydrogen-bond donors (Lipinski definition) is 2. The van der Waals surface area contributed by atoms with Crippen LogP contribution < -0.4 is 0 Å². The van der Waals surface area contributed by atoms with Gasteiger partial charge >= 0.3 is 11.9 Å². The van der Waals surface area contributed by atoms with Gasteiger partial charge in [0, 0.05) is 30.4 Å². The zero-order valence-corrected chi connectivity index (χ0v) is 20.9. The molecule has 0 spiro atoms. The predicted octanol–water partition coefficient (Wildman–Crippen LogP) is 4.05. The number of benzene rings is 2. The second-order valence-electron chi connectivity index (χ2n) is 9.25. The molecule has 188 valence electrons. The third kappa shape index (κ3) is 7.91. The highest BCUT2D eigenvalue weighted by Gasteiger charge is 2.24. The minimum atomic E-state index is -0.816. The quantitative estimate of drug-likeness (QED) is 0.352. The van der Waals surface area contributed by atoms with Crippen molar-refractivity contribution in [3.8, 4) is 0 Å². The summed E-state index contributed by atoms with van der Waals surface area (Å²) in [6.45, 7) is 14.3. The number of hydrogen-bond acceptors (Lipinski definition) is 6. The molecule has 4 atom stereocenters. The molecular weight excluding hydrogens is 444 g/mol. The zero-order valence-electron chi connectivity index (χ0n) is 20.9. The molecule has 2 aromatic carbocycles. The molecular formula is C29H36O6. The molecule has 2 aromatic rings. The third-order valence-corrected chi connectivity index (χ3v) is 6.26. The number of ether oxygens (including phenoxy) is 2. The van der Waals surface area contributed by atoms with Crippen LogP contribution in [0.5, 0.6) is 0 Å². The molecule has 4 unspecified atom stereocenters. The van der Waals surface area contributed by atoms with E-state index in [9.17, 15) is 19.8 Å². The average Bonchev–Trinajstić information content (AvgIpc) is 2.84. The van der Waals surface area contributed by atoms with Crippen LogP contribution in [0.25, 0.3) is 0 Å². The summed E-state index contributed by atoms with van der Waals surface area (Å²) in [6, 6.07) is 16.0. The Morgan fingerprint density at radius 3 is 1.37 bits per heavy atom. The Morgan fingerprint density at radius 1 is 0.771 bits per heavy atom. The molecule has 0 amide bonds. The van der Waals surface area contributed by atoms with Gasteiger partial charge < -0.3 is 19.7 Å². The molecule has 0 bridgehead atoms. The van der Waals surface area contributed by atoms with E-state index in [1.165, 1.54) is 0 Å². The molecule has 0 heterocycles. The first-order valence-electron chi connectivity index (χ1n) is 11.7. The van der Waals surface area contributed by atoms with E-state index >= 15 is 0 Å². The topological polar surface area (TPSA) is 93.1 Å². The number of carbonyl (C=O) groups excluding carboxylic acids is 2. The highest BCUT2D eigenvalue weighted by Crippen LogP contribution is 2.32. The Labute approximate surface area is 207 Å². The van der Waals surface area contributed by atoms with E-state index in [1.54, 1.807) is 13.8 Å². The van der Waals surface area contributed by atoms with Crippen molar-refractivity contribution >= 4 is 11.9 Å². The zero-order chi connectivity index (χ0) is 26.2. The lowest BCUT2D eigenvalue weighted by Gasteiger charge is -2.27. The van der Waals surface area contributed by atoms with Crippen LogP contribution in [0, 0.1) is 0 Å². The van der Waals surface area contributed by atoms with Gasteiger partial charge in [0.25, 0.3) is 0 Å². The van der Waals surface area contributed by atoms with Crippen molar-refractivity contribution in [1.82, 2.24) is 0 Å². The largest absolute Gasteiger partial charge is 0.457 e. The number of carbonyl (C=O) groups is 2. The summed E-state index contributed by atoms with van der Waals surface area (Å²) in [7, 11) is 0. The van der Waals surface area contributed by atoms with Crippen molar-refractivity contribution in [2.24, 2.45) is 0 Å². The number of aliphatic hydroxyl groups is 2. The summed E-state index contributed by atoms with van der Waals surface area (Å²) >= 11 is 0. The predicted molar refractivity (Wildman–Crippen MR) is 136 cm³/mol. The van der Waals surface area contributed by atoms with Gasteiger partial charge in [-0.3, -0.25) is 0 Å². The maximum absolute atomic E-state index is 11.3. The van der Waals surface area contributed by atoms with Crippen molar-refractivity contribution < 1.29 is 29.3 Å². The fraction of sp³-hybridized carbons (Fsp3) is 0.379. The molecule has 0 aromatic heterocycles. The summed E-state index contributed by atoms with van der Waals surface area (Å²) in [4.78, 5) is 22.7. The van der Waals surface area contributed by atoms with Gasteiger partial charge in [-0.05, 0) is 36.1 Å². The number of rotatable bonds is 12. The molecule has 0 aliphatic rings. The SMILES string of the molecule is C=CC(=O)OC(C)C(O)Cc1ccc(C(C)(C)c2ccc(CC(O)C(C)OC(=O)C=C)cc2)cc1. The minimum absolute atomic E-state index is 0.270. The van der Waals surface area contributed by atoms with Crippen molar-refractivity contribution in [3.05, 3.63) is 96.1 Å². The van der Waals surface area contributed by atoms with E-state index in [1.807, 2.05) is 48.5 Å². The molecule has 0 radical (unpaired) electrons. The lowest BCUT2D eigenvalue weighted by atomic mass is 9.77. The van der Waals surface area contributed by atoms with Crippen LogP contribution in [-0.2, 0) is 37.3 Å². The van der Waals surface area contributed by atoms with E-state index in [0.29, 0.717) is 12.8 Å². The standard InChI is InChI=1S/C29H36O6/c1-7-27(32)34-19(3)25(30)17-21-9-13-23(14-10-21)29(5,6)24-15-11-22(12-16-24)18-26(31)20(4)35-28(33)8-2/h7-16,19-20,25-26,30-31H,1-2,17-18H2,3-6H3. The van der Waals surface area contributed by atoms with Gasteiger partial charge in [-0.2, -0.15) is 0 Å². The van der Waals surface area contributed by atoms with Crippen LogP contribution in [0.2, 0.25) is 0 Å². The van der Waals surface area contributed by atoms with E-state index in [4.69, 9.17) is 9.47 Å². The third-order valence-electron chi connectivity index (χ3n) is 6.26. The van der Waals surface area contributed by atoms with Crippen LogP contribution in [0.1, 0.15) is 49.9 Å². The molecule has 6 nitrogen and oxygen atoms in total. The van der Waals surface area contributed by atoms with Gasteiger partial charge in [-0.1, -0.05) is 75.5 Å². The van der Waals surface area contributed by atoms with Crippen LogP contribution >= 0.6 is 0 Å². The Balaban J connectivity index is 2.04. The summed E-state index contributed by atoms with van der Waals surface area (Å²) in [5.74, 6) is -1.11. The van der Waals surface area contributed by atoms with Gasteiger partial charge in [0.2, 0.25) is 0 Å². The number of aliphatic hydroxyl groups excluding tert-OH is 2. The van der Waals surface area contributed by atoms with Gasteiger partial charge in [-0.15, -0.1) is 0 Å². The number of esters is 2. The smallest absolute Gasteiger partial charge is 0.330 e. The second kappa shape index (κ2) is 12.5. The molecule has 2 N–H and O–H groups in total. The summed E-state index contributed by atoms with van der Waals surface area (Å²) in [6.07, 6.45) is -0.0103. The molecule has 0 fully saturated rings. The van der Waals surface area contributed by atoms with E-state index in [-0.39, 0.29) is 5.41 Å². The maximum atomic E-state index is 11.3. The van der Waals surface area contributed by atoms with E-state index in [0.717, 1.165) is 34.4 Å². The fourth-order valence-electron chi connectivity index (χ4n) is 3.72. The minimum Gasteiger partial charge on any atom is -0.457 e. The van der Waals surface area contributed by atoms with Crippen LogP contribution in [-0.4, -0.2) is 46.6 Å². The molecule has 0 aliphatic carbocycles. The fourth-order valence-corrected chi connectivity index (χ4v) is 3.72. The van der Waals surface area contributed by atoms with Crippen LogP contribution in [0.15, 0.2) is 73.8 Å². The molecule has 0 saturated carbocycles. The lowest BCUT2D eigenvalue weighted by Crippen LogP contribution is -2.30. The molecule has 0 aliphatic heterocycles. The Kier molecular flexibility index (Phi) is 9.99. The van der Waals surface area contributed by atoms with Crippen molar-refractivity contribution in [2.75, 3.05) is 0 Å². The summed E-state index contributed by atoms with van der Waals surface area (Å²) < 4.78 is 10.2. The first-order valence-corrected chi connectivity index (χ1v) is 11.7. The summed E-state index contributed by atoms with van der Waals surface area (Å²) in [5, 5.41) is 20.7. The van der Waals surface area contributed by atoms with E-state index < -0.39 is 36.4 Å². The van der Waals surface area contributed by atoms with E-state index in [2.05, 4.69) is 27.0 Å². The van der Waals surface area contributed by atoms with Gasteiger partial charge in [0.15, 0.2) is 0 Å². The van der Waals surface area contributed by atoms with Crippen LogP contribution in [0.3, 0.4) is 0 Å². The second-order valence-corrected chi connectivity index (χ2v) is 9.25. The highest BCUT2D eigenvalue weighted by molar-refractivity contribution is 5.81. The Bertz CT molecular complexity index is 925. The molecule has 6 heteroatoms.